The van der Waals surface area contributed by atoms with Crippen molar-refractivity contribution in [2.24, 2.45) is 0 Å². The standard InChI is InChI=1S/C17H21NO.BrH/c1-3-14-8-10-15(11-9-14)12-18-13-16-6-4-5-7-17(16)19-2;/h4-11,18H,3,12-13H2,1-2H3;1H. The van der Waals surface area contributed by atoms with E-state index in [1.54, 1.807) is 7.11 Å². The number of hydrogen-bond donors (Lipinski definition) is 1. The van der Waals surface area contributed by atoms with E-state index in [9.17, 15) is 0 Å². The quantitative estimate of drug-likeness (QED) is 0.857. The zero-order valence-electron chi connectivity index (χ0n) is 12.1. The lowest BCUT2D eigenvalue weighted by Crippen LogP contribution is -2.13. The van der Waals surface area contributed by atoms with Gasteiger partial charge in [-0.3, -0.25) is 0 Å². The summed E-state index contributed by atoms with van der Waals surface area (Å²) in [5, 5.41) is 3.45. The summed E-state index contributed by atoms with van der Waals surface area (Å²) in [6.07, 6.45) is 1.09. The number of hydrogen-bond acceptors (Lipinski definition) is 2. The number of halogens is 1. The van der Waals surface area contributed by atoms with Crippen molar-refractivity contribution in [1.29, 1.82) is 0 Å². The third-order valence-electron chi connectivity index (χ3n) is 3.27. The van der Waals surface area contributed by atoms with Gasteiger partial charge in [0.25, 0.3) is 0 Å². The molecule has 0 spiro atoms. The van der Waals surface area contributed by atoms with Gasteiger partial charge in [0.05, 0.1) is 7.11 Å². The number of benzene rings is 2. The van der Waals surface area contributed by atoms with Crippen molar-refractivity contribution in [1.82, 2.24) is 5.32 Å². The molecule has 20 heavy (non-hydrogen) atoms. The smallest absolute Gasteiger partial charge is 0.123 e. The Morgan fingerprint density at radius 2 is 1.55 bits per heavy atom. The molecule has 0 aliphatic carbocycles. The number of rotatable bonds is 6. The molecule has 0 atom stereocenters. The maximum Gasteiger partial charge on any atom is 0.123 e. The van der Waals surface area contributed by atoms with Gasteiger partial charge in [-0.25, -0.2) is 0 Å². The molecule has 108 valence electrons. The van der Waals surface area contributed by atoms with Crippen molar-refractivity contribution in [2.75, 3.05) is 7.11 Å². The molecule has 0 radical (unpaired) electrons. The molecule has 0 bridgehead atoms. The van der Waals surface area contributed by atoms with Crippen molar-refractivity contribution < 1.29 is 4.74 Å². The van der Waals surface area contributed by atoms with Crippen molar-refractivity contribution in [3.63, 3.8) is 0 Å². The summed E-state index contributed by atoms with van der Waals surface area (Å²) in [6.45, 7) is 3.87. The van der Waals surface area contributed by atoms with Crippen LogP contribution < -0.4 is 10.1 Å². The van der Waals surface area contributed by atoms with Gasteiger partial charge < -0.3 is 10.1 Å². The second kappa shape index (κ2) is 8.77. The topological polar surface area (TPSA) is 21.3 Å². The zero-order chi connectivity index (χ0) is 13.5. The molecule has 3 heteroatoms. The minimum absolute atomic E-state index is 0. The molecule has 1 N–H and O–H groups in total. The van der Waals surface area contributed by atoms with E-state index in [0.29, 0.717) is 0 Å². The highest BCUT2D eigenvalue weighted by Crippen LogP contribution is 2.16. The molecule has 0 saturated carbocycles. The molecule has 0 aromatic heterocycles. The highest BCUT2D eigenvalue weighted by Gasteiger charge is 2.00. The third-order valence-corrected chi connectivity index (χ3v) is 3.27. The first-order valence-electron chi connectivity index (χ1n) is 6.74. The second-order valence-electron chi connectivity index (χ2n) is 4.59. The van der Waals surface area contributed by atoms with Crippen LogP contribution in [-0.4, -0.2) is 7.11 Å². The summed E-state index contributed by atoms with van der Waals surface area (Å²) < 4.78 is 5.34. The van der Waals surface area contributed by atoms with Crippen LogP contribution in [0.2, 0.25) is 0 Å². The van der Waals surface area contributed by atoms with Gasteiger partial charge in [0.1, 0.15) is 5.75 Å². The van der Waals surface area contributed by atoms with Crippen molar-refractivity contribution in [2.45, 2.75) is 26.4 Å². The van der Waals surface area contributed by atoms with Crippen molar-refractivity contribution in [3.8, 4) is 5.75 Å². The Morgan fingerprint density at radius 3 is 2.20 bits per heavy atom. The fourth-order valence-electron chi connectivity index (χ4n) is 2.08. The van der Waals surface area contributed by atoms with Crippen LogP contribution in [0.4, 0.5) is 0 Å². The van der Waals surface area contributed by atoms with Gasteiger partial charge in [-0.05, 0) is 23.6 Å². The van der Waals surface area contributed by atoms with Crippen LogP contribution >= 0.6 is 17.0 Å². The first kappa shape index (κ1) is 16.7. The fourth-order valence-corrected chi connectivity index (χ4v) is 2.08. The van der Waals surface area contributed by atoms with Gasteiger partial charge >= 0.3 is 0 Å². The summed E-state index contributed by atoms with van der Waals surface area (Å²) in [5.74, 6) is 0.941. The largest absolute Gasteiger partial charge is 0.496 e. The zero-order valence-corrected chi connectivity index (χ0v) is 13.8. The van der Waals surface area contributed by atoms with E-state index in [2.05, 4.69) is 42.6 Å². The lowest BCUT2D eigenvalue weighted by atomic mass is 10.1. The Hall–Kier alpha value is -1.32. The molecular weight excluding hydrogens is 314 g/mol. The van der Waals surface area contributed by atoms with Crippen molar-refractivity contribution in [3.05, 3.63) is 65.2 Å². The molecule has 0 aliphatic heterocycles. The Bertz CT molecular complexity index is 511. The summed E-state index contributed by atoms with van der Waals surface area (Å²) in [7, 11) is 1.71. The number of methoxy groups -OCH3 is 1. The van der Waals surface area contributed by atoms with Crippen molar-refractivity contribution >= 4 is 17.0 Å². The molecule has 0 saturated heterocycles. The molecular formula is C17H22BrNO. The summed E-state index contributed by atoms with van der Waals surface area (Å²) >= 11 is 0. The van der Waals surface area contributed by atoms with Crippen LogP contribution in [0.25, 0.3) is 0 Å². The average Bonchev–Trinajstić information content (AvgIpc) is 2.48. The van der Waals surface area contributed by atoms with E-state index < -0.39 is 0 Å². The summed E-state index contributed by atoms with van der Waals surface area (Å²) in [4.78, 5) is 0. The van der Waals surface area contributed by atoms with Gasteiger partial charge in [-0.15, -0.1) is 17.0 Å². The van der Waals surface area contributed by atoms with E-state index in [1.165, 1.54) is 16.7 Å². The Balaban J connectivity index is 0.00000200. The van der Waals surface area contributed by atoms with Crippen LogP contribution in [0.15, 0.2) is 48.5 Å². The van der Waals surface area contributed by atoms with Crippen LogP contribution in [0.3, 0.4) is 0 Å². The molecule has 0 heterocycles. The molecule has 2 aromatic rings. The lowest BCUT2D eigenvalue weighted by molar-refractivity contribution is 0.407. The lowest BCUT2D eigenvalue weighted by Gasteiger charge is -2.09. The SMILES string of the molecule is Br.CCc1ccc(CNCc2ccccc2OC)cc1. The molecule has 0 amide bonds. The first-order chi connectivity index (χ1) is 9.33. The van der Waals surface area contributed by atoms with E-state index in [-0.39, 0.29) is 17.0 Å². The van der Waals surface area contributed by atoms with Gasteiger partial charge in [0, 0.05) is 18.7 Å². The minimum Gasteiger partial charge on any atom is -0.496 e. The molecule has 2 rings (SSSR count). The van der Waals surface area contributed by atoms with Crippen LogP contribution in [-0.2, 0) is 19.5 Å². The Labute approximate surface area is 131 Å². The third kappa shape index (κ3) is 4.66. The number of nitrogens with one attached hydrogen (secondary N) is 1. The van der Waals surface area contributed by atoms with E-state index >= 15 is 0 Å². The predicted octanol–water partition coefficient (Wildman–Crippen LogP) is 4.13. The fraction of sp³-hybridized carbons (Fsp3) is 0.294. The molecule has 2 nitrogen and oxygen atoms in total. The monoisotopic (exact) mass is 335 g/mol. The number of para-hydroxylation sites is 1. The van der Waals surface area contributed by atoms with E-state index in [1.807, 2.05) is 18.2 Å². The molecule has 0 aliphatic rings. The highest BCUT2D eigenvalue weighted by molar-refractivity contribution is 8.93. The Morgan fingerprint density at radius 1 is 0.900 bits per heavy atom. The first-order valence-corrected chi connectivity index (χ1v) is 6.74. The molecule has 2 aromatic carbocycles. The van der Waals surface area contributed by atoms with E-state index in [0.717, 1.165) is 25.3 Å². The number of aryl methyl sites for hydroxylation is 1. The predicted molar refractivity (Wildman–Crippen MR) is 89.7 cm³/mol. The molecule has 0 fully saturated rings. The highest BCUT2D eigenvalue weighted by atomic mass is 79.9. The van der Waals surface area contributed by atoms with Gasteiger partial charge in [0.15, 0.2) is 0 Å². The van der Waals surface area contributed by atoms with E-state index in [4.69, 9.17) is 4.74 Å². The average molecular weight is 336 g/mol. The minimum atomic E-state index is 0. The Kier molecular flexibility index (Phi) is 7.34. The van der Waals surface area contributed by atoms with Crippen LogP contribution in [0, 0.1) is 0 Å². The number of ether oxygens (including phenoxy) is 1. The molecule has 0 unspecified atom stereocenters. The van der Waals surface area contributed by atoms with Crippen LogP contribution in [0.5, 0.6) is 5.75 Å². The maximum atomic E-state index is 5.34. The summed E-state index contributed by atoms with van der Waals surface area (Å²) in [6, 6.07) is 16.9. The van der Waals surface area contributed by atoms with Gasteiger partial charge in [-0.1, -0.05) is 49.4 Å². The second-order valence-corrected chi connectivity index (χ2v) is 4.59. The van der Waals surface area contributed by atoms with Gasteiger partial charge in [0.2, 0.25) is 0 Å². The summed E-state index contributed by atoms with van der Waals surface area (Å²) in [5.41, 5.74) is 3.88. The normalized spacial score (nSPS) is 9.90. The van der Waals surface area contributed by atoms with Crippen LogP contribution in [0.1, 0.15) is 23.6 Å². The maximum absolute atomic E-state index is 5.34. The van der Waals surface area contributed by atoms with Gasteiger partial charge in [-0.2, -0.15) is 0 Å².